The summed E-state index contributed by atoms with van der Waals surface area (Å²) in [7, 11) is 0. The van der Waals surface area contributed by atoms with E-state index in [0.717, 1.165) is 0 Å². The summed E-state index contributed by atoms with van der Waals surface area (Å²) in [4.78, 5) is 53.2. The number of nitrogens with zero attached hydrogens (tertiary/aromatic N) is 5. The molecular formula is C21H22FN7O5S. The maximum atomic E-state index is 14.9. The number of carbonyl (C=O) groups excluding carboxylic acids is 4. The number of hydrazone groups is 1. The molecule has 1 saturated heterocycles. The first-order valence-electron chi connectivity index (χ1n) is 10.6. The molecule has 12 nitrogen and oxygen atoms in total. The van der Waals surface area contributed by atoms with E-state index in [0.29, 0.717) is 29.5 Å². The van der Waals surface area contributed by atoms with E-state index < -0.39 is 18.0 Å². The maximum absolute atomic E-state index is 14.9. The van der Waals surface area contributed by atoms with Crippen LogP contribution in [-0.2, 0) is 25.5 Å². The third kappa shape index (κ3) is 5.71. The summed E-state index contributed by atoms with van der Waals surface area (Å²) in [6.07, 6.45) is 0.765. The van der Waals surface area contributed by atoms with E-state index in [-0.39, 0.29) is 43.6 Å². The lowest BCUT2D eigenvalue weighted by Gasteiger charge is -2.29. The molecule has 2 aliphatic heterocycles. The Morgan fingerprint density at radius 3 is 2.86 bits per heavy atom. The molecule has 184 valence electrons. The highest BCUT2D eigenvalue weighted by atomic mass is 32.1. The molecule has 0 spiro atoms. The first-order valence-corrected chi connectivity index (χ1v) is 11.5. The Morgan fingerprint density at radius 2 is 2.17 bits per heavy atom. The van der Waals surface area contributed by atoms with Gasteiger partial charge < -0.3 is 20.3 Å². The number of thiazole rings is 1. The van der Waals surface area contributed by atoms with Crippen molar-refractivity contribution >= 4 is 58.5 Å². The average molecular weight is 504 g/mol. The quantitative estimate of drug-likeness (QED) is 0.516. The minimum atomic E-state index is -0.615. The van der Waals surface area contributed by atoms with Gasteiger partial charge in [0.2, 0.25) is 18.2 Å². The molecule has 1 atom stereocenters. The van der Waals surface area contributed by atoms with Crippen molar-refractivity contribution in [2.45, 2.75) is 19.4 Å². The molecule has 4 rings (SSSR count). The van der Waals surface area contributed by atoms with E-state index in [2.05, 4.69) is 20.7 Å². The normalized spacial score (nSPS) is 17.4. The van der Waals surface area contributed by atoms with Crippen LogP contribution in [0.3, 0.4) is 0 Å². The van der Waals surface area contributed by atoms with Gasteiger partial charge in [0.25, 0.3) is 0 Å². The SMILES string of the molecule is CC(=O)NCC1CN(c2ccc(N3C=NN(C(=O)Cc4csc(NC=O)n4)CC3)c(F)c2)C(=O)O1. The van der Waals surface area contributed by atoms with Crippen LogP contribution in [0, 0.1) is 5.82 Å². The van der Waals surface area contributed by atoms with Crippen LogP contribution < -0.4 is 20.4 Å². The molecule has 14 heteroatoms. The van der Waals surface area contributed by atoms with Crippen LogP contribution in [0.2, 0.25) is 0 Å². The number of hydrogen-bond acceptors (Lipinski definition) is 9. The number of benzene rings is 1. The van der Waals surface area contributed by atoms with Gasteiger partial charge in [-0.05, 0) is 18.2 Å². The van der Waals surface area contributed by atoms with Crippen LogP contribution in [0.15, 0.2) is 28.7 Å². The molecule has 1 aromatic carbocycles. The molecule has 4 amide bonds. The summed E-state index contributed by atoms with van der Waals surface area (Å²) in [5, 5.41) is 12.5. The Bertz CT molecular complexity index is 1170. The Morgan fingerprint density at radius 1 is 1.34 bits per heavy atom. The van der Waals surface area contributed by atoms with Gasteiger partial charge in [0, 0.05) is 18.8 Å². The molecule has 0 radical (unpaired) electrons. The van der Waals surface area contributed by atoms with Gasteiger partial charge in [-0.15, -0.1) is 11.3 Å². The molecule has 0 aliphatic carbocycles. The monoisotopic (exact) mass is 503 g/mol. The van der Waals surface area contributed by atoms with Crippen molar-refractivity contribution in [3.8, 4) is 0 Å². The second-order valence-electron chi connectivity index (χ2n) is 7.71. The lowest BCUT2D eigenvalue weighted by Crippen LogP contribution is -2.41. The van der Waals surface area contributed by atoms with Crippen molar-refractivity contribution in [1.29, 1.82) is 0 Å². The van der Waals surface area contributed by atoms with Crippen molar-refractivity contribution < 1.29 is 28.3 Å². The second kappa shape index (κ2) is 10.5. The Hall–Kier alpha value is -4.07. The van der Waals surface area contributed by atoms with Crippen LogP contribution in [0.1, 0.15) is 12.6 Å². The zero-order valence-corrected chi connectivity index (χ0v) is 19.5. The number of aromatic nitrogens is 1. The summed E-state index contributed by atoms with van der Waals surface area (Å²) in [5.74, 6) is -1.08. The van der Waals surface area contributed by atoms with Crippen LogP contribution in [0.4, 0.5) is 25.7 Å². The van der Waals surface area contributed by atoms with E-state index in [1.807, 2.05) is 0 Å². The van der Waals surface area contributed by atoms with Crippen LogP contribution in [-0.4, -0.2) is 72.9 Å². The molecule has 1 unspecified atom stereocenters. The van der Waals surface area contributed by atoms with Crippen molar-refractivity contribution in [1.82, 2.24) is 15.3 Å². The second-order valence-corrected chi connectivity index (χ2v) is 8.57. The molecule has 3 heterocycles. The maximum Gasteiger partial charge on any atom is 0.414 e. The lowest BCUT2D eigenvalue weighted by atomic mass is 10.2. The summed E-state index contributed by atoms with van der Waals surface area (Å²) < 4.78 is 20.1. The summed E-state index contributed by atoms with van der Waals surface area (Å²) in [5.41, 5.74) is 1.10. The van der Waals surface area contributed by atoms with E-state index >= 15 is 0 Å². The van der Waals surface area contributed by atoms with Crippen LogP contribution in [0.5, 0.6) is 0 Å². The smallest absolute Gasteiger partial charge is 0.414 e. The standard InChI is InChI=1S/C21H22FN7O5S/c1-13(31)23-8-16-9-28(21(33)34-16)15-2-3-18(17(22)7-15)27-4-5-29(25-11-27)19(32)6-14-10-35-20(26-14)24-12-30/h2-3,7,10-12,16H,4-6,8-9H2,1H3,(H,23,31)(H,24,26,30). The van der Waals surface area contributed by atoms with Gasteiger partial charge in [-0.3, -0.25) is 19.3 Å². The highest BCUT2D eigenvalue weighted by molar-refractivity contribution is 7.13. The van der Waals surface area contributed by atoms with E-state index in [1.54, 1.807) is 16.3 Å². The Kier molecular flexibility index (Phi) is 7.19. The zero-order chi connectivity index (χ0) is 24.9. The highest BCUT2D eigenvalue weighted by Crippen LogP contribution is 2.28. The van der Waals surface area contributed by atoms with E-state index in [4.69, 9.17) is 4.74 Å². The third-order valence-electron chi connectivity index (χ3n) is 5.24. The predicted molar refractivity (Wildman–Crippen MR) is 126 cm³/mol. The molecule has 1 fully saturated rings. The molecule has 35 heavy (non-hydrogen) atoms. The first-order chi connectivity index (χ1) is 16.8. The number of carbonyl (C=O) groups is 4. The Balaban J connectivity index is 1.36. The first kappa shape index (κ1) is 24.1. The van der Waals surface area contributed by atoms with E-state index in [1.165, 1.54) is 46.6 Å². The van der Waals surface area contributed by atoms with Gasteiger partial charge in [-0.1, -0.05) is 0 Å². The number of halogens is 1. The number of amides is 4. The number of rotatable bonds is 8. The average Bonchev–Trinajstić information content (AvgIpc) is 3.43. The molecule has 0 bridgehead atoms. The predicted octanol–water partition coefficient (Wildman–Crippen LogP) is 1.15. The van der Waals surface area contributed by atoms with Crippen molar-refractivity contribution in [2.24, 2.45) is 5.10 Å². The number of ether oxygens (including phenoxy) is 1. The summed E-state index contributed by atoms with van der Waals surface area (Å²) in [6.45, 7) is 2.28. The van der Waals surface area contributed by atoms with Gasteiger partial charge in [-0.2, -0.15) is 5.10 Å². The van der Waals surface area contributed by atoms with Crippen LogP contribution >= 0.6 is 11.3 Å². The van der Waals surface area contributed by atoms with Gasteiger partial charge in [0.15, 0.2) is 5.13 Å². The van der Waals surface area contributed by atoms with Gasteiger partial charge in [-0.25, -0.2) is 19.2 Å². The highest BCUT2D eigenvalue weighted by Gasteiger charge is 2.33. The summed E-state index contributed by atoms with van der Waals surface area (Å²) >= 11 is 1.21. The fourth-order valence-electron chi connectivity index (χ4n) is 3.56. The molecule has 1 aromatic heterocycles. The number of cyclic esters (lactones) is 1. The zero-order valence-electron chi connectivity index (χ0n) is 18.6. The lowest BCUT2D eigenvalue weighted by molar-refractivity contribution is -0.130. The minimum Gasteiger partial charge on any atom is -0.442 e. The summed E-state index contributed by atoms with van der Waals surface area (Å²) in [6, 6.07) is 4.36. The van der Waals surface area contributed by atoms with Crippen molar-refractivity contribution in [3.05, 3.63) is 35.1 Å². The largest absolute Gasteiger partial charge is 0.442 e. The number of nitrogens with one attached hydrogen (secondary N) is 2. The molecule has 2 N–H and O–H groups in total. The topological polar surface area (TPSA) is 137 Å². The van der Waals surface area contributed by atoms with E-state index in [9.17, 15) is 23.6 Å². The molecule has 2 aliphatic rings. The van der Waals surface area contributed by atoms with Crippen molar-refractivity contribution in [2.75, 3.05) is 41.3 Å². The third-order valence-corrected chi connectivity index (χ3v) is 6.06. The van der Waals surface area contributed by atoms with Gasteiger partial charge in [0.1, 0.15) is 18.3 Å². The fourth-order valence-corrected chi connectivity index (χ4v) is 4.23. The number of hydrogen-bond donors (Lipinski definition) is 2. The molecule has 2 aromatic rings. The van der Waals surface area contributed by atoms with Crippen molar-refractivity contribution in [3.63, 3.8) is 0 Å². The van der Waals surface area contributed by atoms with Crippen LogP contribution in [0.25, 0.3) is 0 Å². The molecule has 0 saturated carbocycles. The minimum absolute atomic E-state index is 0.0201. The van der Waals surface area contributed by atoms with Gasteiger partial charge in [0.05, 0.1) is 43.1 Å². The van der Waals surface area contributed by atoms with Gasteiger partial charge >= 0.3 is 6.09 Å². The number of anilines is 3. The Labute approximate surface area is 203 Å². The molecular weight excluding hydrogens is 481 g/mol. The fraction of sp³-hybridized carbons (Fsp3) is 0.333.